The molecule has 6 rings (SSSR count). The summed E-state index contributed by atoms with van der Waals surface area (Å²) in [6.45, 7) is 3.66. The number of H-pyrrole nitrogens is 2. The van der Waals surface area contributed by atoms with Gasteiger partial charge in [0.1, 0.15) is 5.69 Å². The summed E-state index contributed by atoms with van der Waals surface area (Å²) in [7, 11) is 0. The third kappa shape index (κ3) is 1.82. The number of aromatic nitrogens is 4. The molecule has 0 radical (unpaired) electrons. The van der Waals surface area contributed by atoms with Gasteiger partial charge >= 0.3 is 0 Å². The highest BCUT2D eigenvalue weighted by molar-refractivity contribution is 5.84. The number of hydrogen-bond donors (Lipinski definition) is 2. The molecule has 2 bridgehead atoms. The summed E-state index contributed by atoms with van der Waals surface area (Å²) >= 11 is 0. The minimum atomic E-state index is 0.550. The van der Waals surface area contributed by atoms with Gasteiger partial charge in [-0.1, -0.05) is 11.3 Å². The van der Waals surface area contributed by atoms with Crippen LogP contribution in [0, 0.1) is 5.92 Å². The third-order valence-corrected chi connectivity index (χ3v) is 5.43. The molecule has 0 saturated carbocycles. The summed E-state index contributed by atoms with van der Waals surface area (Å²) in [5, 5.41) is 13.0. The largest absolute Gasteiger partial charge is 0.361 e. The number of nitrogens with zero attached hydrogens (tertiary/aromatic N) is 3. The summed E-state index contributed by atoms with van der Waals surface area (Å²) in [4.78, 5) is 5.82. The van der Waals surface area contributed by atoms with Crippen molar-refractivity contribution in [1.82, 2.24) is 25.3 Å². The van der Waals surface area contributed by atoms with Crippen molar-refractivity contribution >= 4 is 10.9 Å². The van der Waals surface area contributed by atoms with Gasteiger partial charge in [0.25, 0.3) is 0 Å². The predicted octanol–water partition coefficient (Wildman–Crippen LogP) is 2.76. The zero-order valence-corrected chi connectivity index (χ0v) is 12.4. The Balaban J connectivity index is 1.57. The normalized spacial score (nSPS) is 27.5. The van der Waals surface area contributed by atoms with Crippen LogP contribution in [0.2, 0.25) is 0 Å². The van der Waals surface area contributed by atoms with Gasteiger partial charge in [0.05, 0.1) is 5.69 Å². The van der Waals surface area contributed by atoms with Crippen LogP contribution in [-0.2, 0) is 0 Å². The lowest BCUT2D eigenvalue weighted by atomic mass is 9.76. The van der Waals surface area contributed by atoms with Crippen LogP contribution in [0.1, 0.15) is 24.5 Å². The van der Waals surface area contributed by atoms with E-state index in [1.165, 1.54) is 37.0 Å². The molecule has 3 aromatic rings. The van der Waals surface area contributed by atoms with Crippen molar-refractivity contribution in [1.29, 1.82) is 0 Å². The van der Waals surface area contributed by atoms with Gasteiger partial charge in [-0.15, -0.1) is 5.10 Å². The number of fused-ring (bicyclic) bond motifs is 4. The second-order valence-electron chi connectivity index (χ2n) is 6.60. The van der Waals surface area contributed by atoms with Gasteiger partial charge in [0.2, 0.25) is 0 Å². The van der Waals surface area contributed by atoms with Crippen LogP contribution in [0.15, 0.2) is 30.5 Å². The Morgan fingerprint density at radius 1 is 1.14 bits per heavy atom. The molecule has 5 heteroatoms. The lowest BCUT2D eigenvalue weighted by Gasteiger charge is -2.44. The number of rotatable bonds is 2. The molecule has 3 aliphatic rings. The van der Waals surface area contributed by atoms with E-state index in [4.69, 9.17) is 0 Å². The van der Waals surface area contributed by atoms with Crippen molar-refractivity contribution in [3.63, 3.8) is 0 Å². The summed E-state index contributed by atoms with van der Waals surface area (Å²) in [5.41, 5.74) is 4.58. The molecule has 112 valence electrons. The number of piperidine rings is 3. The Bertz CT molecular complexity index is 809. The fraction of sp³-hybridized carbons (Fsp3) is 0.412. The fourth-order valence-electron chi connectivity index (χ4n) is 4.20. The van der Waals surface area contributed by atoms with E-state index < -0.39 is 0 Å². The number of hydrogen-bond acceptors (Lipinski definition) is 3. The van der Waals surface area contributed by atoms with Gasteiger partial charge in [-0.25, -0.2) is 0 Å². The fourth-order valence-corrected chi connectivity index (χ4v) is 4.20. The zero-order valence-electron chi connectivity index (χ0n) is 12.4. The number of aromatic amines is 2. The third-order valence-electron chi connectivity index (χ3n) is 5.43. The van der Waals surface area contributed by atoms with E-state index in [1.807, 2.05) is 6.20 Å². The van der Waals surface area contributed by atoms with Crippen LogP contribution in [0.5, 0.6) is 0 Å². The van der Waals surface area contributed by atoms with Crippen molar-refractivity contribution in [3.05, 3.63) is 36.2 Å². The summed E-state index contributed by atoms with van der Waals surface area (Å²) in [6, 6.07) is 8.57. The summed E-state index contributed by atoms with van der Waals surface area (Å²) in [5.74, 6) is 1.33. The lowest BCUT2D eigenvalue weighted by Crippen LogP contribution is -2.46. The molecular weight excluding hydrogens is 274 g/mol. The highest BCUT2D eigenvalue weighted by atomic mass is 15.3. The smallest absolute Gasteiger partial charge is 0.116 e. The van der Waals surface area contributed by atoms with Crippen molar-refractivity contribution < 1.29 is 0 Å². The van der Waals surface area contributed by atoms with Crippen LogP contribution in [-0.4, -0.2) is 44.9 Å². The molecule has 5 nitrogen and oxygen atoms in total. The van der Waals surface area contributed by atoms with Gasteiger partial charge in [-0.3, -0.25) is 5.10 Å². The zero-order chi connectivity index (χ0) is 14.5. The molecule has 2 aromatic heterocycles. The van der Waals surface area contributed by atoms with E-state index in [1.54, 1.807) is 0 Å². The lowest BCUT2D eigenvalue weighted by molar-refractivity contribution is 0.0856. The SMILES string of the molecule is c1cc2cc(-c3nn[nH]c3C3CN4CCC3CC4)ccc2[nH]1. The van der Waals surface area contributed by atoms with Crippen molar-refractivity contribution in [2.75, 3.05) is 19.6 Å². The molecule has 5 heterocycles. The average Bonchev–Trinajstić information content (AvgIpc) is 3.24. The maximum atomic E-state index is 4.40. The Morgan fingerprint density at radius 2 is 2.05 bits per heavy atom. The van der Waals surface area contributed by atoms with E-state index in [0.717, 1.165) is 29.2 Å². The molecule has 2 N–H and O–H groups in total. The van der Waals surface area contributed by atoms with Gasteiger partial charge in [-0.2, -0.15) is 0 Å². The van der Waals surface area contributed by atoms with E-state index in [0.29, 0.717) is 5.92 Å². The standard InChI is InChI=1S/C17H19N5/c1-2-15-12(3-6-18-15)9-13(1)16-17(20-21-19-16)14-10-22-7-4-11(14)5-8-22/h1-3,6,9,11,14,18H,4-5,7-8,10H2,(H,19,20,21). The van der Waals surface area contributed by atoms with Crippen LogP contribution in [0.3, 0.4) is 0 Å². The highest BCUT2D eigenvalue weighted by Crippen LogP contribution is 2.41. The molecule has 3 aliphatic heterocycles. The second kappa shape index (κ2) is 4.68. The minimum Gasteiger partial charge on any atom is -0.361 e. The van der Waals surface area contributed by atoms with Gasteiger partial charge < -0.3 is 9.88 Å². The quantitative estimate of drug-likeness (QED) is 0.764. The molecule has 1 unspecified atom stereocenters. The topological polar surface area (TPSA) is 60.6 Å². The molecule has 1 aromatic carbocycles. The van der Waals surface area contributed by atoms with E-state index in [2.05, 4.69) is 49.6 Å². The van der Waals surface area contributed by atoms with Crippen molar-refractivity contribution in [3.8, 4) is 11.3 Å². The Labute approximate surface area is 128 Å². The number of nitrogens with one attached hydrogen (secondary N) is 2. The van der Waals surface area contributed by atoms with E-state index in [9.17, 15) is 0 Å². The molecule has 0 aliphatic carbocycles. The predicted molar refractivity (Wildman–Crippen MR) is 85.6 cm³/mol. The molecule has 3 saturated heterocycles. The first kappa shape index (κ1) is 12.4. The first-order valence-electron chi connectivity index (χ1n) is 8.09. The first-order chi connectivity index (χ1) is 10.9. The van der Waals surface area contributed by atoms with Gasteiger partial charge in [-0.05, 0) is 50.0 Å². The Kier molecular flexibility index (Phi) is 2.64. The molecule has 3 fully saturated rings. The Morgan fingerprint density at radius 3 is 2.86 bits per heavy atom. The first-order valence-corrected chi connectivity index (χ1v) is 8.09. The summed E-state index contributed by atoms with van der Waals surface area (Å²) < 4.78 is 0. The maximum Gasteiger partial charge on any atom is 0.116 e. The van der Waals surface area contributed by atoms with Crippen LogP contribution in [0.4, 0.5) is 0 Å². The van der Waals surface area contributed by atoms with E-state index >= 15 is 0 Å². The molecule has 1 atom stereocenters. The van der Waals surface area contributed by atoms with E-state index in [-0.39, 0.29) is 0 Å². The van der Waals surface area contributed by atoms with Crippen LogP contribution < -0.4 is 0 Å². The second-order valence-corrected chi connectivity index (χ2v) is 6.60. The molecule has 0 amide bonds. The molecule has 22 heavy (non-hydrogen) atoms. The highest BCUT2D eigenvalue weighted by Gasteiger charge is 2.37. The molecular formula is C17H19N5. The van der Waals surface area contributed by atoms with Crippen molar-refractivity contribution in [2.45, 2.75) is 18.8 Å². The van der Waals surface area contributed by atoms with Crippen LogP contribution >= 0.6 is 0 Å². The maximum absolute atomic E-state index is 4.40. The molecule has 0 spiro atoms. The summed E-state index contributed by atoms with van der Waals surface area (Å²) in [6.07, 6.45) is 4.59. The number of benzene rings is 1. The van der Waals surface area contributed by atoms with Crippen LogP contribution in [0.25, 0.3) is 22.2 Å². The Hall–Kier alpha value is -2.14. The monoisotopic (exact) mass is 293 g/mol. The minimum absolute atomic E-state index is 0.550. The van der Waals surface area contributed by atoms with Gasteiger partial charge in [0.15, 0.2) is 0 Å². The average molecular weight is 293 g/mol. The van der Waals surface area contributed by atoms with Crippen molar-refractivity contribution in [2.24, 2.45) is 5.92 Å². The van der Waals surface area contributed by atoms with Gasteiger partial charge in [0, 0.05) is 35.1 Å².